The third kappa shape index (κ3) is 2.75. The molecule has 0 saturated carbocycles. The molecule has 2 N–H and O–H groups in total. The molecule has 4 rings (SSSR count). The second-order valence-corrected chi connectivity index (χ2v) is 5.55. The second-order valence-electron chi connectivity index (χ2n) is 5.55. The van der Waals surface area contributed by atoms with Crippen LogP contribution in [0.4, 0.5) is 0 Å². The number of aromatic nitrogens is 5. The Morgan fingerprint density at radius 2 is 2.13 bits per heavy atom. The number of hydrogen-bond donors (Lipinski definition) is 2. The van der Waals surface area contributed by atoms with Crippen LogP contribution >= 0.6 is 12.4 Å². The number of aromatic amines is 1. The lowest BCUT2D eigenvalue weighted by Gasteiger charge is -2.23. The molecule has 23 heavy (non-hydrogen) atoms. The van der Waals surface area contributed by atoms with Crippen molar-refractivity contribution in [3.63, 3.8) is 0 Å². The molecule has 0 radical (unpaired) electrons. The molecule has 4 heterocycles. The van der Waals surface area contributed by atoms with Gasteiger partial charge in [-0.25, -0.2) is 4.52 Å². The summed E-state index contributed by atoms with van der Waals surface area (Å²) in [6.07, 6.45) is 3.64. The van der Waals surface area contributed by atoms with Crippen molar-refractivity contribution in [1.29, 1.82) is 0 Å². The van der Waals surface area contributed by atoms with Crippen LogP contribution < -0.4 is 10.9 Å². The van der Waals surface area contributed by atoms with E-state index in [4.69, 9.17) is 4.52 Å². The van der Waals surface area contributed by atoms with E-state index in [1.165, 1.54) is 0 Å². The molecule has 0 atom stereocenters. The van der Waals surface area contributed by atoms with Gasteiger partial charge < -0.3 is 14.8 Å². The van der Waals surface area contributed by atoms with Gasteiger partial charge in [-0.1, -0.05) is 5.16 Å². The molecule has 1 aliphatic rings. The summed E-state index contributed by atoms with van der Waals surface area (Å²) in [4.78, 5) is 19.1. The topological polar surface area (TPSA) is 101 Å². The van der Waals surface area contributed by atoms with Gasteiger partial charge in [0, 0.05) is 12.0 Å². The van der Waals surface area contributed by atoms with Crippen LogP contribution in [0.3, 0.4) is 0 Å². The summed E-state index contributed by atoms with van der Waals surface area (Å²) in [5, 5.41) is 11.5. The molecule has 8 nitrogen and oxygen atoms in total. The number of nitrogens with one attached hydrogen (secondary N) is 2. The number of hydrogen-bond acceptors (Lipinski definition) is 6. The number of fused-ring (bicyclic) bond motifs is 1. The number of piperidine rings is 1. The van der Waals surface area contributed by atoms with Gasteiger partial charge >= 0.3 is 0 Å². The first-order valence-electron chi connectivity index (χ1n) is 7.35. The predicted octanol–water partition coefficient (Wildman–Crippen LogP) is 1.27. The largest absolute Gasteiger partial charge is 0.334 e. The molecule has 0 unspecified atom stereocenters. The van der Waals surface area contributed by atoms with E-state index in [9.17, 15) is 4.79 Å². The molecule has 122 valence electrons. The molecule has 0 spiro atoms. The van der Waals surface area contributed by atoms with Crippen molar-refractivity contribution in [3.05, 3.63) is 34.1 Å². The lowest BCUT2D eigenvalue weighted by atomic mass is 9.94. The SMILES string of the molecule is Cc1noc(-c2cnn3c(C4CCNCC4)cc(=O)[nH]c23)n1.Cl. The molecule has 0 aliphatic carbocycles. The highest BCUT2D eigenvalue weighted by Crippen LogP contribution is 2.27. The zero-order chi connectivity index (χ0) is 15.1. The van der Waals surface area contributed by atoms with Gasteiger partial charge in [-0.2, -0.15) is 10.1 Å². The van der Waals surface area contributed by atoms with Crippen molar-refractivity contribution < 1.29 is 4.52 Å². The van der Waals surface area contributed by atoms with Crippen molar-refractivity contribution >= 4 is 18.1 Å². The Hall–Kier alpha value is -2.19. The molecule has 1 saturated heterocycles. The first kappa shape index (κ1) is 15.7. The number of rotatable bonds is 2. The Balaban J connectivity index is 0.00000156. The molecule has 3 aromatic rings. The van der Waals surface area contributed by atoms with E-state index >= 15 is 0 Å². The average molecular weight is 337 g/mol. The van der Waals surface area contributed by atoms with Gasteiger partial charge in [-0.3, -0.25) is 4.79 Å². The molecule has 3 aromatic heterocycles. The van der Waals surface area contributed by atoms with Crippen molar-refractivity contribution in [3.8, 4) is 11.5 Å². The monoisotopic (exact) mass is 336 g/mol. The fourth-order valence-electron chi connectivity index (χ4n) is 2.98. The van der Waals surface area contributed by atoms with Crippen molar-refractivity contribution in [1.82, 2.24) is 30.1 Å². The first-order valence-corrected chi connectivity index (χ1v) is 7.35. The minimum atomic E-state index is -0.140. The van der Waals surface area contributed by atoms with Crippen molar-refractivity contribution in [2.24, 2.45) is 0 Å². The molecule has 1 fully saturated rings. The zero-order valence-electron chi connectivity index (χ0n) is 12.6. The molecule has 0 bridgehead atoms. The quantitative estimate of drug-likeness (QED) is 0.730. The summed E-state index contributed by atoms with van der Waals surface area (Å²) in [5.41, 5.74) is 2.04. The summed E-state index contributed by atoms with van der Waals surface area (Å²) < 4.78 is 6.98. The molecule has 0 amide bonds. The third-order valence-electron chi connectivity index (χ3n) is 4.05. The van der Waals surface area contributed by atoms with E-state index in [0.29, 0.717) is 28.8 Å². The van der Waals surface area contributed by atoms with E-state index < -0.39 is 0 Å². The van der Waals surface area contributed by atoms with Crippen molar-refractivity contribution in [2.75, 3.05) is 13.1 Å². The zero-order valence-corrected chi connectivity index (χ0v) is 13.4. The Labute approximate surface area is 137 Å². The summed E-state index contributed by atoms with van der Waals surface area (Å²) in [6, 6.07) is 1.64. The van der Waals surface area contributed by atoms with Crippen LogP contribution in [-0.4, -0.2) is 37.8 Å². The Bertz CT molecular complexity index is 877. The van der Waals surface area contributed by atoms with Crippen molar-refractivity contribution in [2.45, 2.75) is 25.7 Å². The van der Waals surface area contributed by atoms with E-state index in [-0.39, 0.29) is 18.0 Å². The van der Waals surface area contributed by atoms with Crippen LogP contribution in [0.15, 0.2) is 21.6 Å². The van der Waals surface area contributed by atoms with Crippen LogP contribution in [-0.2, 0) is 0 Å². The fraction of sp³-hybridized carbons (Fsp3) is 0.429. The highest BCUT2D eigenvalue weighted by atomic mass is 35.5. The predicted molar refractivity (Wildman–Crippen MR) is 85.9 cm³/mol. The average Bonchev–Trinajstić information content (AvgIpc) is 3.13. The summed E-state index contributed by atoms with van der Waals surface area (Å²) in [7, 11) is 0. The van der Waals surface area contributed by atoms with Gasteiger partial charge in [0.2, 0.25) is 0 Å². The minimum absolute atomic E-state index is 0. The maximum atomic E-state index is 12.1. The van der Waals surface area contributed by atoms with Gasteiger partial charge in [0.25, 0.3) is 11.4 Å². The highest BCUT2D eigenvalue weighted by molar-refractivity contribution is 5.85. The van der Waals surface area contributed by atoms with Crippen LogP contribution in [0.5, 0.6) is 0 Å². The van der Waals surface area contributed by atoms with Crippen LogP contribution in [0.2, 0.25) is 0 Å². The van der Waals surface area contributed by atoms with Crippen LogP contribution in [0, 0.1) is 6.92 Å². The highest BCUT2D eigenvalue weighted by Gasteiger charge is 2.22. The number of aryl methyl sites for hydroxylation is 1. The molecular formula is C14H17ClN6O2. The summed E-state index contributed by atoms with van der Waals surface area (Å²) >= 11 is 0. The minimum Gasteiger partial charge on any atom is -0.334 e. The van der Waals surface area contributed by atoms with Crippen LogP contribution in [0.25, 0.3) is 17.1 Å². The Morgan fingerprint density at radius 3 is 2.83 bits per heavy atom. The van der Waals surface area contributed by atoms with Gasteiger partial charge in [-0.15, -0.1) is 12.4 Å². The maximum Gasteiger partial charge on any atom is 0.263 e. The number of halogens is 1. The molecule has 9 heteroatoms. The smallest absolute Gasteiger partial charge is 0.263 e. The maximum absolute atomic E-state index is 12.1. The molecule has 1 aliphatic heterocycles. The van der Waals surface area contributed by atoms with E-state index in [0.717, 1.165) is 31.6 Å². The van der Waals surface area contributed by atoms with E-state index in [1.807, 2.05) is 0 Å². The third-order valence-corrected chi connectivity index (χ3v) is 4.05. The van der Waals surface area contributed by atoms with Gasteiger partial charge in [0.15, 0.2) is 5.82 Å². The van der Waals surface area contributed by atoms with Gasteiger partial charge in [0.05, 0.1) is 11.9 Å². The summed E-state index contributed by atoms with van der Waals surface area (Å²) in [6.45, 7) is 3.66. The second kappa shape index (κ2) is 6.13. The lowest BCUT2D eigenvalue weighted by Crippen LogP contribution is -2.28. The van der Waals surface area contributed by atoms with E-state index in [1.54, 1.807) is 23.7 Å². The standard InChI is InChI=1S/C14H16N6O2.ClH/c1-8-17-14(22-19-8)10-7-16-20-11(6-12(21)18-13(10)20)9-2-4-15-5-3-9;/h6-7,9,15H,2-5H2,1H3,(H,18,21);1H. The lowest BCUT2D eigenvalue weighted by molar-refractivity contribution is 0.426. The fourth-order valence-corrected chi connectivity index (χ4v) is 2.98. The Kier molecular flexibility index (Phi) is 4.18. The summed E-state index contributed by atoms with van der Waals surface area (Å²) in [5.74, 6) is 1.24. The molecular weight excluding hydrogens is 320 g/mol. The number of nitrogens with zero attached hydrogens (tertiary/aromatic N) is 4. The first-order chi connectivity index (χ1) is 10.7. The molecule has 0 aromatic carbocycles. The van der Waals surface area contributed by atoms with Crippen LogP contribution in [0.1, 0.15) is 30.3 Å². The van der Waals surface area contributed by atoms with Gasteiger partial charge in [-0.05, 0) is 32.9 Å². The Morgan fingerprint density at radius 1 is 1.35 bits per heavy atom. The van der Waals surface area contributed by atoms with E-state index in [2.05, 4.69) is 25.5 Å². The van der Waals surface area contributed by atoms with Gasteiger partial charge in [0.1, 0.15) is 11.2 Å². The number of H-pyrrole nitrogens is 1. The normalized spacial score (nSPS) is 15.7.